The first-order chi connectivity index (χ1) is 17.4. The summed E-state index contributed by atoms with van der Waals surface area (Å²) in [5.74, 6) is -0.0963. The molecule has 0 N–H and O–H groups in total. The molecule has 1 aromatic carbocycles. The summed E-state index contributed by atoms with van der Waals surface area (Å²) in [4.78, 5) is 32.5. The Bertz CT molecular complexity index is 1490. The molecule has 1 amide bonds. The number of alkyl halides is 3. The van der Waals surface area contributed by atoms with Crippen LogP contribution < -0.4 is 15.0 Å². The number of rotatable bonds is 4. The van der Waals surface area contributed by atoms with Crippen molar-refractivity contribution in [3.05, 3.63) is 70.2 Å². The Labute approximate surface area is 210 Å². The number of fused-ring (bicyclic) bond motifs is 4. The van der Waals surface area contributed by atoms with Gasteiger partial charge in [-0.1, -0.05) is 0 Å². The smallest absolute Gasteiger partial charge is 0.487 e. The number of aromatic nitrogens is 3. The van der Waals surface area contributed by atoms with Crippen LogP contribution in [0.4, 0.5) is 13.2 Å². The average Bonchev–Trinajstić information content (AvgIpc) is 3.42. The van der Waals surface area contributed by atoms with E-state index in [1.54, 1.807) is 34.1 Å². The monoisotopic (exact) mass is 514 g/mol. The molecule has 0 unspecified atom stereocenters. The van der Waals surface area contributed by atoms with E-state index in [-0.39, 0.29) is 28.8 Å². The van der Waals surface area contributed by atoms with E-state index in [0.29, 0.717) is 43.1 Å². The summed E-state index contributed by atoms with van der Waals surface area (Å²) in [5.41, 5.74) is 0.678. The van der Waals surface area contributed by atoms with Crippen molar-refractivity contribution in [1.82, 2.24) is 19.0 Å². The number of carbonyl (C=O) groups is 1. The first kappa shape index (κ1) is 23.6. The molecule has 0 bridgehead atoms. The summed E-state index contributed by atoms with van der Waals surface area (Å²) in [6.07, 6.45) is -0.844. The molecular formula is C26H25F3N4O4. The molecule has 2 atom stereocenters. The molecule has 1 aliphatic carbocycles. The van der Waals surface area contributed by atoms with Crippen LogP contribution in [0, 0.1) is 12.8 Å². The Morgan fingerprint density at radius 1 is 1.16 bits per heavy atom. The van der Waals surface area contributed by atoms with Gasteiger partial charge in [0.15, 0.2) is 0 Å². The highest BCUT2D eigenvalue weighted by atomic mass is 19.4. The lowest BCUT2D eigenvalue weighted by Gasteiger charge is -2.40. The first-order valence-corrected chi connectivity index (χ1v) is 12.0. The van der Waals surface area contributed by atoms with Gasteiger partial charge in [0.1, 0.15) is 28.5 Å². The lowest BCUT2D eigenvalue weighted by Crippen LogP contribution is -2.50. The minimum Gasteiger partial charge on any atom is -0.487 e. The molecule has 6 rings (SSSR count). The molecule has 2 aliphatic heterocycles. The highest BCUT2D eigenvalue weighted by Gasteiger charge is 2.67. The number of pyridine rings is 1. The molecule has 3 aliphatic rings. The standard InChI is InChI=1S/C26H25F3N4O4/c1-15-12-32(14-30-15)18-5-6-19-22(34)31(8-9-33(19)23(18)35)13-25-11-21(25)24(2,3)37-20-7-4-16(10-17(20)25)36-26(27,28)29/h4-7,10,12,14,21H,8-9,11,13H2,1-3H3/t21-,25-/m1/s1. The Hall–Kier alpha value is -3.76. The highest BCUT2D eigenvalue weighted by Crippen LogP contribution is 2.65. The molecular weight excluding hydrogens is 489 g/mol. The lowest BCUT2D eigenvalue weighted by atomic mass is 9.83. The predicted molar refractivity (Wildman–Crippen MR) is 126 cm³/mol. The van der Waals surface area contributed by atoms with Crippen LogP contribution in [0.3, 0.4) is 0 Å². The van der Waals surface area contributed by atoms with Crippen molar-refractivity contribution in [2.24, 2.45) is 5.92 Å². The number of nitrogens with zero attached hydrogens (tertiary/aromatic N) is 4. The molecule has 8 nitrogen and oxygen atoms in total. The molecule has 194 valence electrons. The summed E-state index contributed by atoms with van der Waals surface area (Å²) in [6.45, 7) is 6.66. The maximum Gasteiger partial charge on any atom is 0.573 e. The minimum absolute atomic E-state index is 0.0115. The zero-order valence-electron chi connectivity index (χ0n) is 20.5. The van der Waals surface area contributed by atoms with Gasteiger partial charge in [0, 0.05) is 42.7 Å². The Kier molecular flexibility index (Phi) is 4.87. The third-order valence-corrected chi connectivity index (χ3v) is 7.73. The van der Waals surface area contributed by atoms with Gasteiger partial charge in [0.25, 0.3) is 11.5 Å². The fraction of sp³-hybridized carbons (Fsp3) is 0.423. The molecule has 11 heteroatoms. The van der Waals surface area contributed by atoms with Gasteiger partial charge in [-0.05, 0) is 57.5 Å². The van der Waals surface area contributed by atoms with Crippen LogP contribution in [-0.2, 0) is 12.0 Å². The van der Waals surface area contributed by atoms with E-state index < -0.39 is 17.4 Å². The number of amides is 1. The van der Waals surface area contributed by atoms with E-state index in [1.165, 1.54) is 22.8 Å². The molecule has 3 aromatic rings. The van der Waals surface area contributed by atoms with Crippen molar-refractivity contribution >= 4 is 5.91 Å². The van der Waals surface area contributed by atoms with Crippen molar-refractivity contribution in [2.45, 2.75) is 51.1 Å². The second-order valence-corrected chi connectivity index (χ2v) is 10.5. The van der Waals surface area contributed by atoms with Crippen molar-refractivity contribution in [2.75, 3.05) is 13.1 Å². The van der Waals surface area contributed by atoms with Gasteiger partial charge in [-0.15, -0.1) is 13.2 Å². The van der Waals surface area contributed by atoms with Crippen LogP contribution in [-0.4, -0.2) is 50.0 Å². The number of carbonyl (C=O) groups excluding carboxylic acids is 1. The maximum atomic E-state index is 13.5. The van der Waals surface area contributed by atoms with E-state index in [4.69, 9.17) is 4.74 Å². The summed E-state index contributed by atoms with van der Waals surface area (Å²) >= 11 is 0. The molecule has 4 heterocycles. The summed E-state index contributed by atoms with van der Waals surface area (Å²) in [6, 6.07) is 7.38. The molecule has 1 fully saturated rings. The van der Waals surface area contributed by atoms with Crippen LogP contribution in [0.2, 0.25) is 0 Å². The number of imidazole rings is 1. The molecule has 37 heavy (non-hydrogen) atoms. The maximum absolute atomic E-state index is 13.5. The molecule has 1 saturated carbocycles. The van der Waals surface area contributed by atoms with Gasteiger partial charge < -0.3 is 23.5 Å². The molecule has 0 radical (unpaired) electrons. The zero-order chi connectivity index (χ0) is 26.3. The van der Waals surface area contributed by atoms with Crippen molar-refractivity contribution in [3.63, 3.8) is 0 Å². The second-order valence-electron chi connectivity index (χ2n) is 10.5. The highest BCUT2D eigenvalue weighted by molar-refractivity contribution is 5.93. The Morgan fingerprint density at radius 2 is 1.95 bits per heavy atom. The lowest BCUT2D eigenvalue weighted by molar-refractivity contribution is -0.274. The largest absolute Gasteiger partial charge is 0.573 e. The van der Waals surface area contributed by atoms with Crippen LogP contribution in [0.15, 0.2) is 47.7 Å². The van der Waals surface area contributed by atoms with Crippen molar-refractivity contribution < 1.29 is 27.4 Å². The number of halogens is 3. The second kappa shape index (κ2) is 7.62. The minimum atomic E-state index is -4.81. The first-order valence-electron chi connectivity index (χ1n) is 12.0. The zero-order valence-corrected chi connectivity index (χ0v) is 20.5. The molecule has 0 saturated heterocycles. The summed E-state index contributed by atoms with van der Waals surface area (Å²) in [7, 11) is 0. The summed E-state index contributed by atoms with van der Waals surface area (Å²) in [5, 5.41) is 0. The number of aryl methyl sites for hydroxylation is 1. The van der Waals surface area contributed by atoms with Crippen LogP contribution in [0.1, 0.15) is 42.0 Å². The fourth-order valence-electron chi connectivity index (χ4n) is 6.01. The van der Waals surface area contributed by atoms with Gasteiger partial charge in [-0.3, -0.25) is 9.59 Å². The predicted octanol–water partition coefficient (Wildman–Crippen LogP) is 3.83. The topological polar surface area (TPSA) is 78.6 Å². The Morgan fingerprint density at radius 3 is 2.65 bits per heavy atom. The van der Waals surface area contributed by atoms with Gasteiger partial charge in [-0.2, -0.15) is 0 Å². The third kappa shape index (κ3) is 3.79. The number of hydrogen-bond donors (Lipinski definition) is 0. The Balaban J connectivity index is 1.33. The SMILES string of the molecule is Cc1cn(-c2ccc3n(c2=O)CCN(C[C@@]24C[C@@H]2C(C)(C)Oc2ccc(OC(F)(F)F)cc24)C3=O)cn1. The average molecular weight is 515 g/mol. The van der Waals surface area contributed by atoms with Crippen molar-refractivity contribution in [1.29, 1.82) is 0 Å². The van der Waals surface area contributed by atoms with Crippen LogP contribution >= 0.6 is 0 Å². The number of ether oxygens (including phenoxy) is 2. The van der Waals surface area contributed by atoms with Gasteiger partial charge in [0.2, 0.25) is 0 Å². The quantitative estimate of drug-likeness (QED) is 0.529. The van der Waals surface area contributed by atoms with E-state index in [1.807, 2.05) is 20.8 Å². The van der Waals surface area contributed by atoms with E-state index >= 15 is 0 Å². The van der Waals surface area contributed by atoms with E-state index in [2.05, 4.69) is 9.72 Å². The van der Waals surface area contributed by atoms with Crippen LogP contribution in [0.25, 0.3) is 5.69 Å². The number of hydrogen-bond acceptors (Lipinski definition) is 5. The summed E-state index contributed by atoms with van der Waals surface area (Å²) < 4.78 is 52.1. The van der Waals surface area contributed by atoms with Crippen LogP contribution in [0.5, 0.6) is 11.5 Å². The normalized spacial score (nSPS) is 23.6. The van der Waals surface area contributed by atoms with Gasteiger partial charge >= 0.3 is 6.36 Å². The third-order valence-electron chi connectivity index (χ3n) is 7.73. The van der Waals surface area contributed by atoms with E-state index in [9.17, 15) is 22.8 Å². The molecule has 0 spiro atoms. The number of benzene rings is 1. The van der Waals surface area contributed by atoms with Gasteiger partial charge in [0.05, 0.1) is 12.0 Å². The molecule has 2 aromatic heterocycles. The van der Waals surface area contributed by atoms with Crippen molar-refractivity contribution in [3.8, 4) is 17.2 Å². The van der Waals surface area contributed by atoms with E-state index in [0.717, 1.165) is 5.69 Å². The fourth-order valence-corrected chi connectivity index (χ4v) is 6.01. The van der Waals surface area contributed by atoms with Gasteiger partial charge in [-0.25, -0.2) is 4.98 Å².